The molecule has 5 nitrogen and oxygen atoms in total. The molecule has 0 atom stereocenters. The van der Waals surface area contributed by atoms with Crippen LogP contribution in [0, 0.1) is 0 Å². The van der Waals surface area contributed by atoms with Gasteiger partial charge in [-0.05, 0) is 18.9 Å². The van der Waals surface area contributed by atoms with Gasteiger partial charge >= 0.3 is 0 Å². The van der Waals surface area contributed by atoms with E-state index in [0.29, 0.717) is 35.8 Å². The van der Waals surface area contributed by atoms with Crippen molar-refractivity contribution in [3.8, 4) is 23.0 Å². The van der Waals surface area contributed by atoms with Crippen molar-refractivity contribution in [2.45, 2.75) is 12.8 Å². The second-order valence-corrected chi connectivity index (χ2v) is 3.66. The molecular weight excluding hydrogens is 224 g/mol. The molecule has 0 saturated heterocycles. The highest BCUT2D eigenvalue weighted by molar-refractivity contribution is 5.63. The van der Waals surface area contributed by atoms with Crippen molar-refractivity contribution in [1.82, 2.24) is 0 Å². The molecule has 1 aromatic rings. The maximum Gasteiger partial charge on any atom is 0.231 e. The first-order chi connectivity index (χ1) is 8.31. The quantitative estimate of drug-likeness (QED) is 0.842. The van der Waals surface area contributed by atoms with Gasteiger partial charge < -0.3 is 24.1 Å². The Kier molecular flexibility index (Phi) is 3.58. The van der Waals surface area contributed by atoms with Gasteiger partial charge in [0, 0.05) is 12.2 Å². The molecule has 1 aliphatic rings. The first kappa shape index (κ1) is 11.9. The van der Waals surface area contributed by atoms with Crippen LogP contribution in [-0.2, 0) is 6.42 Å². The van der Waals surface area contributed by atoms with E-state index in [-0.39, 0.29) is 13.4 Å². The van der Waals surface area contributed by atoms with Crippen molar-refractivity contribution in [1.29, 1.82) is 0 Å². The molecule has 0 aliphatic carbocycles. The highest BCUT2D eigenvalue weighted by Gasteiger charge is 2.25. The molecule has 0 amide bonds. The first-order valence-corrected chi connectivity index (χ1v) is 5.46. The fourth-order valence-electron chi connectivity index (χ4n) is 1.91. The van der Waals surface area contributed by atoms with Crippen molar-refractivity contribution in [2.75, 3.05) is 27.6 Å². The second kappa shape index (κ2) is 5.14. The summed E-state index contributed by atoms with van der Waals surface area (Å²) in [6.07, 6.45) is 1.37. The summed E-state index contributed by atoms with van der Waals surface area (Å²) >= 11 is 0. The fourth-order valence-corrected chi connectivity index (χ4v) is 1.91. The van der Waals surface area contributed by atoms with Crippen LogP contribution in [0.5, 0.6) is 23.0 Å². The van der Waals surface area contributed by atoms with E-state index in [1.54, 1.807) is 14.2 Å². The van der Waals surface area contributed by atoms with Gasteiger partial charge in [-0.15, -0.1) is 0 Å². The van der Waals surface area contributed by atoms with Crippen LogP contribution in [0.25, 0.3) is 0 Å². The van der Waals surface area contributed by atoms with Crippen LogP contribution < -0.4 is 18.9 Å². The number of aryl methyl sites for hydroxylation is 1. The minimum absolute atomic E-state index is 0.139. The average Bonchev–Trinajstić information content (AvgIpc) is 2.81. The summed E-state index contributed by atoms with van der Waals surface area (Å²) in [5.41, 5.74) is 0.947. The normalized spacial score (nSPS) is 12.6. The molecule has 0 unspecified atom stereocenters. The number of benzene rings is 1. The van der Waals surface area contributed by atoms with E-state index >= 15 is 0 Å². The maximum absolute atomic E-state index is 8.88. The zero-order valence-electron chi connectivity index (χ0n) is 9.99. The summed E-state index contributed by atoms with van der Waals surface area (Å²) in [7, 11) is 3.15. The van der Waals surface area contributed by atoms with Gasteiger partial charge in [-0.25, -0.2) is 0 Å². The molecular formula is C12H16O5. The van der Waals surface area contributed by atoms with Gasteiger partial charge in [-0.1, -0.05) is 0 Å². The van der Waals surface area contributed by atoms with E-state index in [9.17, 15) is 0 Å². The maximum atomic E-state index is 8.88. The van der Waals surface area contributed by atoms with Gasteiger partial charge in [0.2, 0.25) is 18.3 Å². The summed E-state index contributed by atoms with van der Waals surface area (Å²) < 4.78 is 21.3. The Labute approximate surface area is 99.9 Å². The molecule has 5 heteroatoms. The highest BCUT2D eigenvalue weighted by Crippen LogP contribution is 2.49. The minimum Gasteiger partial charge on any atom is -0.492 e. The lowest BCUT2D eigenvalue weighted by Gasteiger charge is -2.14. The molecule has 17 heavy (non-hydrogen) atoms. The molecule has 1 aromatic carbocycles. The number of fused-ring (bicyclic) bond motifs is 1. The van der Waals surface area contributed by atoms with Crippen LogP contribution in [-0.4, -0.2) is 32.7 Å². The molecule has 1 N–H and O–H groups in total. The predicted molar refractivity (Wildman–Crippen MR) is 61.1 cm³/mol. The molecule has 2 rings (SSSR count). The Hall–Kier alpha value is -1.62. The SMILES string of the molecule is COc1c(CCCO)cc2c(c1OC)OCO2. The molecule has 0 bridgehead atoms. The van der Waals surface area contributed by atoms with E-state index in [2.05, 4.69) is 0 Å². The Balaban J connectivity index is 2.44. The van der Waals surface area contributed by atoms with Crippen molar-refractivity contribution in [2.24, 2.45) is 0 Å². The Morgan fingerprint density at radius 3 is 2.65 bits per heavy atom. The van der Waals surface area contributed by atoms with Crippen LogP contribution >= 0.6 is 0 Å². The molecule has 0 spiro atoms. The molecule has 0 aromatic heterocycles. The fraction of sp³-hybridized carbons (Fsp3) is 0.500. The van der Waals surface area contributed by atoms with Gasteiger partial charge in [-0.2, -0.15) is 0 Å². The molecule has 1 heterocycles. The van der Waals surface area contributed by atoms with Crippen molar-refractivity contribution in [3.05, 3.63) is 11.6 Å². The van der Waals surface area contributed by atoms with Crippen LogP contribution in [0.3, 0.4) is 0 Å². The van der Waals surface area contributed by atoms with E-state index in [4.69, 9.17) is 24.1 Å². The van der Waals surface area contributed by atoms with Crippen LogP contribution in [0.4, 0.5) is 0 Å². The van der Waals surface area contributed by atoms with Crippen molar-refractivity contribution < 1.29 is 24.1 Å². The number of rotatable bonds is 5. The number of ether oxygens (including phenoxy) is 4. The number of methoxy groups -OCH3 is 2. The standard InChI is InChI=1S/C12H16O5/c1-14-10-8(4-3-5-13)6-9-11(12(10)15-2)17-7-16-9/h6,13H,3-5,7H2,1-2H3. The average molecular weight is 240 g/mol. The van der Waals surface area contributed by atoms with Gasteiger partial charge in [0.1, 0.15) is 0 Å². The Morgan fingerprint density at radius 2 is 2.00 bits per heavy atom. The molecule has 0 radical (unpaired) electrons. The Bertz CT molecular complexity index is 402. The lowest BCUT2D eigenvalue weighted by Crippen LogP contribution is -1.99. The number of hydrogen-bond acceptors (Lipinski definition) is 5. The van der Waals surface area contributed by atoms with E-state index in [1.807, 2.05) is 6.07 Å². The largest absolute Gasteiger partial charge is 0.492 e. The van der Waals surface area contributed by atoms with E-state index in [1.165, 1.54) is 0 Å². The molecule has 0 saturated carbocycles. The third kappa shape index (κ3) is 2.10. The van der Waals surface area contributed by atoms with Gasteiger partial charge in [0.25, 0.3) is 0 Å². The first-order valence-electron chi connectivity index (χ1n) is 5.46. The number of aliphatic hydroxyl groups is 1. The topological polar surface area (TPSA) is 57.2 Å². The van der Waals surface area contributed by atoms with Crippen LogP contribution in [0.2, 0.25) is 0 Å². The number of hydrogen-bond donors (Lipinski definition) is 1. The summed E-state index contributed by atoms with van der Waals surface area (Å²) in [6, 6.07) is 1.87. The number of aliphatic hydroxyl groups excluding tert-OH is 1. The third-order valence-corrected chi connectivity index (χ3v) is 2.66. The zero-order chi connectivity index (χ0) is 12.3. The monoisotopic (exact) mass is 240 g/mol. The smallest absolute Gasteiger partial charge is 0.231 e. The highest BCUT2D eigenvalue weighted by atomic mass is 16.7. The van der Waals surface area contributed by atoms with Crippen molar-refractivity contribution >= 4 is 0 Å². The lowest BCUT2D eigenvalue weighted by atomic mass is 10.1. The summed E-state index contributed by atoms with van der Waals surface area (Å²) in [5.74, 6) is 2.44. The van der Waals surface area contributed by atoms with Crippen molar-refractivity contribution in [3.63, 3.8) is 0 Å². The molecule has 0 fully saturated rings. The van der Waals surface area contributed by atoms with Crippen LogP contribution in [0.15, 0.2) is 6.07 Å². The Morgan fingerprint density at radius 1 is 1.24 bits per heavy atom. The van der Waals surface area contributed by atoms with Crippen LogP contribution in [0.1, 0.15) is 12.0 Å². The zero-order valence-corrected chi connectivity index (χ0v) is 9.99. The van der Waals surface area contributed by atoms with Gasteiger partial charge in [0.15, 0.2) is 11.5 Å². The summed E-state index contributed by atoms with van der Waals surface area (Å²) in [6.45, 7) is 0.332. The van der Waals surface area contributed by atoms with Gasteiger partial charge in [0.05, 0.1) is 14.2 Å². The molecule has 94 valence electrons. The summed E-state index contributed by atoms with van der Waals surface area (Å²) in [5, 5.41) is 8.88. The molecule has 1 aliphatic heterocycles. The summed E-state index contributed by atoms with van der Waals surface area (Å²) in [4.78, 5) is 0. The lowest BCUT2D eigenvalue weighted by molar-refractivity contribution is 0.170. The van der Waals surface area contributed by atoms with Gasteiger partial charge in [-0.3, -0.25) is 0 Å². The third-order valence-electron chi connectivity index (χ3n) is 2.66. The predicted octanol–water partition coefficient (Wildman–Crippen LogP) is 1.36. The minimum atomic E-state index is 0.139. The van der Waals surface area contributed by atoms with E-state index in [0.717, 1.165) is 5.56 Å². The van der Waals surface area contributed by atoms with E-state index < -0.39 is 0 Å². The second-order valence-electron chi connectivity index (χ2n) is 3.66.